The van der Waals surface area contributed by atoms with Crippen molar-refractivity contribution >= 4 is 10.1 Å². The SMILES string of the molecule is O=S(=O)([O-])C1CCC(F)C(F)C1F. The molecule has 0 radical (unpaired) electrons. The van der Waals surface area contributed by atoms with Gasteiger partial charge in [-0.2, -0.15) is 0 Å². The van der Waals surface area contributed by atoms with Crippen LogP contribution < -0.4 is 0 Å². The molecule has 0 bridgehead atoms. The lowest BCUT2D eigenvalue weighted by atomic mass is 9.95. The minimum absolute atomic E-state index is 0.423. The van der Waals surface area contributed by atoms with Crippen LogP contribution in [0.3, 0.4) is 0 Å². The van der Waals surface area contributed by atoms with Gasteiger partial charge in [0.1, 0.15) is 22.5 Å². The van der Waals surface area contributed by atoms with Crippen molar-refractivity contribution in [3.63, 3.8) is 0 Å². The summed E-state index contributed by atoms with van der Waals surface area (Å²) in [5, 5.41) is -1.94. The number of halogens is 3. The molecule has 0 aromatic carbocycles. The molecule has 7 heteroatoms. The molecule has 0 aliphatic heterocycles. The van der Waals surface area contributed by atoms with E-state index < -0.39 is 46.7 Å². The highest BCUT2D eigenvalue weighted by Crippen LogP contribution is 2.30. The molecule has 1 aliphatic rings. The molecule has 4 atom stereocenters. The Kier molecular flexibility index (Phi) is 2.86. The van der Waals surface area contributed by atoms with Crippen LogP contribution in [0.4, 0.5) is 13.2 Å². The molecule has 1 saturated carbocycles. The van der Waals surface area contributed by atoms with E-state index >= 15 is 0 Å². The van der Waals surface area contributed by atoms with Gasteiger partial charge in [0.05, 0.1) is 5.25 Å². The third kappa shape index (κ3) is 2.14. The zero-order valence-electron chi connectivity index (χ0n) is 6.49. The van der Waals surface area contributed by atoms with Crippen LogP contribution in [0.5, 0.6) is 0 Å². The van der Waals surface area contributed by atoms with E-state index in [0.717, 1.165) is 0 Å². The minimum atomic E-state index is -4.86. The van der Waals surface area contributed by atoms with Gasteiger partial charge in [-0.05, 0) is 12.8 Å². The second kappa shape index (κ2) is 3.45. The highest BCUT2D eigenvalue weighted by Gasteiger charge is 2.43. The van der Waals surface area contributed by atoms with E-state index in [2.05, 4.69) is 0 Å². The van der Waals surface area contributed by atoms with E-state index in [0.29, 0.717) is 0 Å². The standard InChI is InChI=1S/C6H9F3O3S/c7-3-1-2-4(13(10,11)12)6(9)5(3)8/h3-6H,1-2H2,(H,10,11,12)/p-1. The van der Waals surface area contributed by atoms with Gasteiger partial charge in [0.15, 0.2) is 6.17 Å². The van der Waals surface area contributed by atoms with Crippen molar-refractivity contribution in [3.8, 4) is 0 Å². The molecular formula is C6H8F3O3S-. The van der Waals surface area contributed by atoms with Gasteiger partial charge in [-0.25, -0.2) is 21.6 Å². The highest BCUT2D eigenvalue weighted by atomic mass is 32.2. The van der Waals surface area contributed by atoms with Gasteiger partial charge in [0.25, 0.3) is 0 Å². The normalized spacial score (nSPS) is 41.8. The van der Waals surface area contributed by atoms with Gasteiger partial charge in [-0.1, -0.05) is 0 Å². The molecule has 0 amide bonds. The lowest BCUT2D eigenvalue weighted by molar-refractivity contribution is 0.0442. The van der Waals surface area contributed by atoms with Crippen molar-refractivity contribution in [3.05, 3.63) is 0 Å². The third-order valence-electron chi connectivity index (χ3n) is 2.10. The molecule has 0 spiro atoms. The first-order valence-corrected chi connectivity index (χ1v) is 5.18. The molecule has 0 aromatic heterocycles. The van der Waals surface area contributed by atoms with Crippen LogP contribution in [0.15, 0.2) is 0 Å². The summed E-state index contributed by atoms with van der Waals surface area (Å²) in [7, 11) is -4.86. The second-order valence-electron chi connectivity index (χ2n) is 3.01. The molecular weight excluding hydrogens is 209 g/mol. The summed E-state index contributed by atoms with van der Waals surface area (Å²) < 4.78 is 69.0. The molecule has 1 fully saturated rings. The lowest BCUT2D eigenvalue weighted by Gasteiger charge is -2.32. The van der Waals surface area contributed by atoms with E-state index in [1.807, 2.05) is 0 Å². The van der Waals surface area contributed by atoms with Crippen LogP contribution in [0.25, 0.3) is 0 Å². The molecule has 0 N–H and O–H groups in total. The van der Waals surface area contributed by atoms with Gasteiger partial charge in [-0.15, -0.1) is 0 Å². The van der Waals surface area contributed by atoms with Crippen LogP contribution in [0.2, 0.25) is 0 Å². The van der Waals surface area contributed by atoms with Crippen molar-refractivity contribution in [2.75, 3.05) is 0 Å². The summed E-state index contributed by atoms with van der Waals surface area (Å²) in [5.41, 5.74) is 0. The van der Waals surface area contributed by atoms with Gasteiger partial charge in [0, 0.05) is 0 Å². The van der Waals surface area contributed by atoms with Crippen LogP contribution in [0.1, 0.15) is 12.8 Å². The Bertz CT molecular complexity index is 279. The van der Waals surface area contributed by atoms with E-state index in [-0.39, 0.29) is 0 Å². The van der Waals surface area contributed by atoms with Crippen molar-refractivity contribution in [2.24, 2.45) is 0 Å². The fourth-order valence-corrected chi connectivity index (χ4v) is 2.24. The summed E-state index contributed by atoms with van der Waals surface area (Å²) in [6.07, 6.45) is -7.91. The average molecular weight is 217 g/mol. The number of hydrogen-bond donors (Lipinski definition) is 0. The zero-order valence-corrected chi connectivity index (χ0v) is 7.31. The molecule has 1 rings (SSSR count). The number of hydrogen-bond acceptors (Lipinski definition) is 3. The van der Waals surface area contributed by atoms with E-state index in [9.17, 15) is 26.1 Å². The monoisotopic (exact) mass is 217 g/mol. The van der Waals surface area contributed by atoms with Crippen LogP contribution >= 0.6 is 0 Å². The Morgan fingerprint density at radius 2 is 1.62 bits per heavy atom. The Balaban J connectivity index is 2.82. The first-order chi connectivity index (χ1) is 5.84. The van der Waals surface area contributed by atoms with E-state index in [1.54, 1.807) is 0 Å². The molecule has 78 valence electrons. The zero-order chi connectivity index (χ0) is 10.2. The quantitative estimate of drug-likeness (QED) is 0.608. The smallest absolute Gasteiger partial charge is 0.163 e. The predicted molar refractivity (Wildman–Crippen MR) is 37.4 cm³/mol. The summed E-state index contributed by atoms with van der Waals surface area (Å²) in [4.78, 5) is 0. The molecule has 0 aromatic rings. The fraction of sp³-hybridized carbons (Fsp3) is 1.00. The maximum atomic E-state index is 12.8. The Morgan fingerprint density at radius 1 is 1.08 bits per heavy atom. The van der Waals surface area contributed by atoms with Crippen molar-refractivity contribution < 1.29 is 26.1 Å². The summed E-state index contributed by atoms with van der Waals surface area (Å²) in [6.45, 7) is 0. The van der Waals surface area contributed by atoms with Gasteiger partial charge >= 0.3 is 0 Å². The first-order valence-electron chi connectivity index (χ1n) is 3.71. The summed E-state index contributed by atoms with van der Waals surface area (Å²) in [6, 6.07) is 0. The second-order valence-corrected chi connectivity index (χ2v) is 4.60. The van der Waals surface area contributed by atoms with Crippen LogP contribution in [0, 0.1) is 0 Å². The number of alkyl halides is 3. The molecule has 4 unspecified atom stereocenters. The van der Waals surface area contributed by atoms with Crippen molar-refractivity contribution in [1.82, 2.24) is 0 Å². The maximum Gasteiger partial charge on any atom is 0.163 e. The molecule has 3 nitrogen and oxygen atoms in total. The average Bonchev–Trinajstić information content (AvgIpc) is 1.98. The summed E-state index contributed by atoms with van der Waals surface area (Å²) in [5.74, 6) is 0. The van der Waals surface area contributed by atoms with Crippen molar-refractivity contribution in [1.29, 1.82) is 0 Å². The molecule has 13 heavy (non-hydrogen) atoms. The van der Waals surface area contributed by atoms with Crippen LogP contribution in [-0.2, 0) is 10.1 Å². The van der Waals surface area contributed by atoms with E-state index in [4.69, 9.17) is 0 Å². The Hall–Kier alpha value is -0.300. The van der Waals surface area contributed by atoms with Crippen molar-refractivity contribution in [2.45, 2.75) is 36.6 Å². The van der Waals surface area contributed by atoms with Crippen LogP contribution in [-0.4, -0.2) is 36.7 Å². The highest BCUT2D eigenvalue weighted by molar-refractivity contribution is 7.86. The topological polar surface area (TPSA) is 57.2 Å². The van der Waals surface area contributed by atoms with Gasteiger partial charge in [0.2, 0.25) is 0 Å². The molecule has 0 heterocycles. The van der Waals surface area contributed by atoms with E-state index in [1.165, 1.54) is 0 Å². The maximum absolute atomic E-state index is 12.8. The lowest BCUT2D eigenvalue weighted by Crippen LogP contribution is -2.46. The predicted octanol–water partition coefficient (Wildman–Crippen LogP) is 0.708. The summed E-state index contributed by atoms with van der Waals surface area (Å²) >= 11 is 0. The number of rotatable bonds is 1. The third-order valence-corrected chi connectivity index (χ3v) is 3.34. The minimum Gasteiger partial charge on any atom is -0.748 e. The Morgan fingerprint density at radius 3 is 2.08 bits per heavy atom. The molecule has 0 saturated heterocycles. The Labute approximate surface area is 73.7 Å². The van der Waals surface area contributed by atoms with Gasteiger partial charge in [-0.3, -0.25) is 0 Å². The molecule has 1 aliphatic carbocycles. The first kappa shape index (κ1) is 10.8. The largest absolute Gasteiger partial charge is 0.748 e. The van der Waals surface area contributed by atoms with Gasteiger partial charge < -0.3 is 4.55 Å². The fourth-order valence-electron chi connectivity index (χ4n) is 1.35.